The van der Waals surface area contributed by atoms with Crippen LogP contribution < -0.4 is 27.2 Å². The van der Waals surface area contributed by atoms with Crippen molar-refractivity contribution in [1.29, 1.82) is 0 Å². The summed E-state index contributed by atoms with van der Waals surface area (Å²) >= 11 is 5.95. The zero-order chi connectivity index (χ0) is 60.9. The van der Waals surface area contributed by atoms with Gasteiger partial charge in [-0.25, -0.2) is 66.7 Å². The van der Waals surface area contributed by atoms with Crippen LogP contribution in [0.15, 0.2) is 81.2 Å². The molecule has 4 fully saturated rings. The van der Waals surface area contributed by atoms with Crippen molar-refractivity contribution < 1.29 is 26.9 Å². The fourth-order valence-corrected chi connectivity index (χ4v) is 11.4. The topological polar surface area (TPSA) is 331 Å². The third-order valence-electron chi connectivity index (χ3n) is 15.2. The quantitative estimate of drug-likeness (QED) is 0.0474. The summed E-state index contributed by atoms with van der Waals surface area (Å²) < 4.78 is 51.3. The van der Waals surface area contributed by atoms with Crippen LogP contribution in [0, 0.1) is 25.7 Å². The van der Waals surface area contributed by atoms with Crippen molar-refractivity contribution in [2.24, 2.45) is 11.8 Å². The number of sulfone groups is 2. The van der Waals surface area contributed by atoms with E-state index in [9.17, 15) is 26.4 Å². The Morgan fingerprint density at radius 2 is 1.15 bits per heavy atom. The van der Waals surface area contributed by atoms with Crippen molar-refractivity contribution in [2.75, 3.05) is 22.1 Å². The number of nitrogens with zero attached hydrogens (tertiary/aromatic N) is 14. The first kappa shape index (κ1) is 64.7. The summed E-state index contributed by atoms with van der Waals surface area (Å²) in [6.45, 7) is 15.6. The predicted octanol–water partition coefficient (Wildman–Crippen LogP) is 7.61. The minimum Gasteiger partial charge on any atom is -0.423 e. The number of halogens is 1. The Morgan fingerprint density at radius 1 is 0.616 bits per heavy atom. The minimum absolute atomic E-state index is 0. The lowest BCUT2D eigenvalue weighted by atomic mass is 9.77. The first-order valence-electron chi connectivity index (χ1n) is 28.7. The maximum atomic E-state index is 13.8. The third kappa shape index (κ3) is 15.1. The molecule has 8 heterocycles. The zero-order valence-corrected chi connectivity index (χ0v) is 51.2. The highest BCUT2D eigenvalue weighted by Gasteiger charge is 2.35. The van der Waals surface area contributed by atoms with E-state index in [4.69, 9.17) is 26.6 Å². The van der Waals surface area contributed by atoms with E-state index in [-0.39, 0.29) is 82.1 Å². The van der Waals surface area contributed by atoms with Crippen molar-refractivity contribution in [3.8, 4) is 11.4 Å². The van der Waals surface area contributed by atoms with Crippen molar-refractivity contribution >= 4 is 77.8 Å². The highest BCUT2D eigenvalue weighted by molar-refractivity contribution is 7.91. The van der Waals surface area contributed by atoms with Crippen molar-refractivity contribution in [2.45, 2.75) is 168 Å². The molecule has 0 saturated heterocycles. The molecule has 8 aromatic rings. The minimum atomic E-state index is -3.36. The molecule has 86 heavy (non-hydrogen) atoms. The van der Waals surface area contributed by atoms with Gasteiger partial charge in [0.2, 0.25) is 5.28 Å². The smallest absolute Gasteiger partial charge is 0.423 e. The summed E-state index contributed by atoms with van der Waals surface area (Å²) in [6, 6.07) is 6.21. The van der Waals surface area contributed by atoms with Crippen LogP contribution in [0.5, 0.6) is 0 Å². The Labute approximate surface area is 505 Å². The molecule has 0 unspecified atom stereocenters. The molecule has 2 atom stereocenters. The molecule has 8 aromatic heterocycles. The molecule has 0 bridgehead atoms. The molecule has 0 aliphatic heterocycles. The highest BCUT2D eigenvalue weighted by atomic mass is 35.5. The molecular weight excluding hydrogens is 1160 g/mol. The summed E-state index contributed by atoms with van der Waals surface area (Å²) in [5.41, 5.74) is 7.22. The van der Waals surface area contributed by atoms with Crippen LogP contribution in [0.25, 0.3) is 33.7 Å². The van der Waals surface area contributed by atoms with E-state index in [1.165, 1.54) is 43.5 Å². The molecule has 4 N–H and O–H groups in total. The van der Waals surface area contributed by atoms with Crippen LogP contribution in [0.3, 0.4) is 0 Å². The molecule has 24 nitrogen and oxygen atoms in total. The number of nitrogens with one attached hydrogen (secondary N) is 2. The standard InChI is InChI=1S/C27H30N8O3S.C19H21ClN6O3S.C8H11BN2O2.C3H8.CH4/c1-4-39(37,38)20-10-9-19(28-12-20)11-29-25-27(36)35(16(3)17-5-6-17)26-21(33-25)13-30-24(34-26)22-15(2)31-14-32-23(22)18-7-8-18;1-3-30(28,29)15-7-4-12(8-21-15)9-22-16-18(27)26(11(2)13-5-6-13)17-14(24-16)10-23-19(20)25-17;1-5-7(9(12)13)8(6-2-3-6)11-4-10-5;1-3-2;/h9-10,12-14,16-18H,4-8,11H2,1-3H3,(H,29,33);4,7-8,10-11,13H,3,5-6,9H2,1-2H3,(H,22,24);4,6,12-13H,2-3H2,1H3;3H2,1-2H3;1H4/t16-;11-;;;/m00.../s1. The maximum Gasteiger partial charge on any atom is 0.492 e. The van der Waals surface area contributed by atoms with Gasteiger partial charge in [-0.15, -0.1) is 0 Å². The van der Waals surface area contributed by atoms with E-state index >= 15 is 0 Å². The monoisotopic (exact) mass is 1230 g/mol. The number of anilines is 2. The summed E-state index contributed by atoms with van der Waals surface area (Å²) in [5.74, 6) is 2.49. The molecule has 28 heteroatoms. The summed E-state index contributed by atoms with van der Waals surface area (Å²) in [4.78, 5) is 79.0. The number of pyridine rings is 2. The average Bonchev–Trinajstić information content (AvgIpc) is 1.13. The molecule has 4 saturated carbocycles. The molecule has 456 valence electrons. The van der Waals surface area contributed by atoms with E-state index in [2.05, 4.69) is 79.3 Å². The van der Waals surface area contributed by atoms with E-state index in [0.29, 0.717) is 68.7 Å². The van der Waals surface area contributed by atoms with Crippen LogP contribution in [0.4, 0.5) is 11.6 Å². The highest BCUT2D eigenvalue weighted by Crippen LogP contribution is 2.44. The number of hydrogen-bond acceptors (Lipinski definition) is 22. The van der Waals surface area contributed by atoms with Gasteiger partial charge in [0.15, 0.2) is 53.5 Å². The Hall–Kier alpha value is -7.33. The normalized spacial score (nSPS) is 15.4. The number of rotatable bonds is 18. The number of aromatic nitrogens is 14. The lowest BCUT2D eigenvalue weighted by Crippen LogP contribution is -2.36. The van der Waals surface area contributed by atoms with Crippen LogP contribution >= 0.6 is 11.6 Å². The van der Waals surface area contributed by atoms with Gasteiger partial charge in [0, 0.05) is 59.7 Å². The van der Waals surface area contributed by atoms with Crippen molar-refractivity contribution in [3.63, 3.8) is 0 Å². The van der Waals surface area contributed by atoms with Crippen LogP contribution in [0.1, 0.15) is 165 Å². The van der Waals surface area contributed by atoms with E-state index in [1.54, 1.807) is 54.6 Å². The maximum absolute atomic E-state index is 13.8. The first-order valence-corrected chi connectivity index (χ1v) is 32.4. The van der Waals surface area contributed by atoms with Gasteiger partial charge in [-0.2, -0.15) is 4.98 Å². The SMILES string of the molecule is C.CCC.CCS(=O)(=O)c1ccc(CNc2nc3cnc(-c4c(C)ncnc4C4CC4)nc3n([C@@H](C)C3CC3)c2=O)nc1.CCS(=O)(=O)c1ccc(CNc2nc3cnc(Cl)nc3n([C@@H](C)C3CC3)c2=O)cn1.Cc1ncnc(C2CC2)c1B(O)O. The lowest BCUT2D eigenvalue weighted by Gasteiger charge is -2.19. The molecular formula is C58H74BClN16O8S2. The van der Waals surface area contributed by atoms with Crippen molar-refractivity contribution in [3.05, 3.63) is 122 Å². The number of fused-ring (bicyclic) bond motifs is 2. The Kier molecular flexibility index (Phi) is 20.7. The Morgan fingerprint density at radius 3 is 1.66 bits per heavy atom. The number of aryl methyl sites for hydroxylation is 2. The van der Waals surface area contributed by atoms with E-state index in [1.807, 2.05) is 20.8 Å². The first-order chi connectivity index (χ1) is 40.7. The van der Waals surface area contributed by atoms with Gasteiger partial charge in [-0.3, -0.25) is 23.7 Å². The van der Waals surface area contributed by atoms with Crippen LogP contribution in [0.2, 0.25) is 5.28 Å². The summed E-state index contributed by atoms with van der Waals surface area (Å²) in [6.07, 6.45) is 18.9. The molecule has 0 spiro atoms. The largest absolute Gasteiger partial charge is 0.492 e. The second-order valence-electron chi connectivity index (χ2n) is 21.8. The Balaban J connectivity index is 0.000000180. The van der Waals surface area contributed by atoms with E-state index < -0.39 is 26.8 Å². The summed E-state index contributed by atoms with van der Waals surface area (Å²) in [7, 11) is -8.13. The van der Waals surface area contributed by atoms with Crippen LogP contribution in [-0.4, -0.2) is 114 Å². The molecule has 0 aromatic carbocycles. The molecule has 0 amide bonds. The fraction of sp³-hybridized carbons (Fsp3) is 0.483. The van der Waals surface area contributed by atoms with Gasteiger partial charge in [0.25, 0.3) is 11.1 Å². The molecule has 4 aliphatic carbocycles. The molecule has 4 aliphatic rings. The third-order valence-corrected chi connectivity index (χ3v) is 18.7. The molecule has 0 radical (unpaired) electrons. The number of hydrogen-bond donors (Lipinski definition) is 4. The summed E-state index contributed by atoms with van der Waals surface area (Å²) in [5, 5.41) is 24.5. The fourth-order valence-electron chi connectivity index (χ4n) is 9.68. The van der Waals surface area contributed by atoms with Gasteiger partial charge in [0.1, 0.15) is 23.7 Å². The zero-order valence-electron chi connectivity index (χ0n) is 48.8. The van der Waals surface area contributed by atoms with Gasteiger partial charge in [-0.05, 0) is 126 Å². The lowest BCUT2D eigenvalue weighted by molar-refractivity contribution is 0.424. The second kappa shape index (κ2) is 27.6. The van der Waals surface area contributed by atoms with Gasteiger partial charge in [0.05, 0.1) is 58.0 Å². The Bertz CT molecular complexity index is 4070. The van der Waals surface area contributed by atoms with Crippen molar-refractivity contribution in [1.82, 2.24) is 68.9 Å². The predicted molar refractivity (Wildman–Crippen MR) is 331 cm³/mol. The average molecular weight is 1230 g/mol. The second-order valence-corrected chi connectivity index (χ2v) is 26.6. The van der Waals surface area contributed by atoms with Gasteiger partial charge >= 0.3 is 7.12 Å². The van der Waals surface area contributed by atoms with E-state index in [0.717, 1.165) is 79.6 Å². The molecule has 12 rings (SSSR count). The van der Waals surface area contributed by atoms with Gasteiger partial charge in [-0.1, -0.05) is 47.6 Å². The van der Waals surface area contributed by atoms with Gasteiger partial charge < -0.3 is 20.7 Å². The van der Waals surface area contributed by atoms with Crippen LogP contribution in [-0.2, 0) is 32.8 Å².